The van der Waals surface area contributed by atoms with Gasteiger partial charge in [-0.2, -0.15) is 0 Å². The molecule has 0 aliphatic rings. The number of fused-ring (bicyclic) bond motifs is 1. The van der Waals surface area contributed by atoms with Crippen LogP contribution in [0.5, 0.6) is 0 Å². The Morgan fingerprint density at radius 2 is 1.67 bits per heavy atom. The zero-order valence-electron chi connectivity index (χ0n) is 12.7. The van der Waals surface area contributed by atoms with Gasteiger partial charge in [0.25, 0.3) is 0 Å². The van der Waals surface area contributed by atoms with Crippen molar-refractivity contribution in [1.29, 1.82) is 0 Å². The van der Waals surface area contributed by atoms with E-state index in [0.717, 1.165) is 0 Å². The number of para-hydroxylation sites is 1. The van der Waals surface area contributed by atoms with E-state index in [1.54, 1.807) is 0 Å². The highest BCUT2D eigenvalue weighted by atomic mass is 127. The minimum absolute atomic E-state index is 0.00391. The summed E-state index contributed by atoms with van der Waals surface area (Å²) in [5, 5.41) is 1.33. The average Bonchev–Trinajstić information content (AvgIpc) is 2.91. The lowest BCUT2D eigenvalue weighted by atomic mass is 9.68. The Balaban J connectivity index is 2.24. The van der Waals surface area contributed by atoms with E-state index in [9.17, 15) is 0 Å². The summed E-state index contributed by atoms with van der Waals surface area (Å²) >= 11 is 2.36. The van der Waals surface area contributed by atoms with Crippen molar-refractivity contribution < 1.29 is 0 Å². The summed E-state index contributed by atoms with van der Waals surface area (Å²) in [5.74, 6) is 0.511. The van der Waals surface area contributed by atoms with Crippen LogP contribution in [0.1, 0.15) is 31.9 Å². The third-order valence-corrected chi connectivity index (χ3v) is 5.47. The van der Waals surface area contributed by atoms with Gasteiger partial charge in [-0.25, -0.2) is 0 Å². The van der Waals surface area contributed by atoms with E-state index >= 15 is 0 Å². The molecule has 3 rings (SSSR count). The lowest BCUT2D eigenvalue weighted by Gasteiger charge is -2.34. The molecule has 1 atom stereocenters. The third kappa shape index (κ3) is 2.39. The van der Waals surface area contributed by atoms with E-state index < -0.39 is 0 Å². The topological polar surface area (TPSA) is 15.8 Å². The number of benzene rings is 2. The molecule has 1 nitrogen and oxygen atoms in total. The largest absolute Gasteiger partial charge is 0.361 e. The Morgan fingerprint density at radius 1 is 1.00 bits per heavy atom. The maximum atomic E-state index is 3.43. The van der Waals surface area contributed by atoms with Crippen molar-refractivity contribution in [3.8, 4) is 0 Å². The SMILES string of the molecule is CC(C)[C@](C)(c1ccc(I)cc1)c1c[nH]c2ccccc12. The Hall–Kier alpha value is -1.29. The van der Waals surface area contributed by atoms with Gasteiger partial charge in [0.15, 0.2) is 0 Å². The number of hydrogen-bond donors (Lipinski definition) is 1. The van der Waals surface area contributed by atoms with Gasteiger partial charge >= 0.3 is 0 Å². The fraction of sp³-hybridized carbons (Fsp3) is 0.263. The second-order valence-corrected chi connectivity index (χ2v) is 7.36. The van der Waals surface area contributed by atoms with Gasteiger partial charge in [-0.15, -0.1) is 0 Å². The van der Waals surface area contributed by atoms with Gasteiger partial charge in [-0.3, -0.25) is 0 Å². The van der Waals surface area contributed by atoms with E-state index in [-0.39, 0.29) is 5.41 Å². The zero-order valence-corrected chi connectivity index (χ0v) is 14.8. The van der Waals surface area contributed by atoms with Crippen LogP contribution in [0.15, 0.2) is 54.7 Å². The Labute approximate surface area is 139 Å². The van der Waals surface area contributed by atoms with Gasteiger partial charge in [0, 0.05) is 26.1 Å². The maximum Gasteiger partial charge on any atom is 0.0457 e. The van der Waals surface area contributed by atoms with Crippen LogP contribution in [-0.4, -0.2) is 4.98 Å². The molecule has 0 amide bonds. The third-order valence-electron chi connectivity index (χ3n) is 4.75. The Bertz CT molecular complexity index is 755. The predicted octanol–water partition coefficient (Wildman–Crippen LogP) is 5.73. The Kier molecular flexibility index (Phi) is 3.82. The van der Waals surface area contributed by atoms with Gasteiger partial charge in [-0.05, 0) is 57.8 Å². The number of rotatable bonds is 3. The predicted molar refractivity (Wildman–Crippen MR) is 98.7 cm³/mol. The van der Waals surface area contributed by atoms with Gasteiger partial charge < -0.3 is 4.98 Å². The zero-order chi connectivity index (χ0) is 15.0. The molecule has 0 saturated heterocycles. The fourth-order valence-electron chi connectivity index (χ4n) is 3.10. The number of hydrogen-bond acceptors (Lipinski definition) is 0. The molecular formula is C19H20IN. The fourth-order valence-corrected chi connectivity index (χ4v) is 3.46. The molecule has 0 spiro atoms. The summed E-state index contributed by atoms with van der Waals surface area (Å²) in [6, 6.07) is 17.5. The molecule has 2 aromatic carbocycles. The van der Waals surface area contributed by atoms with E-state index in [0.29, 0.717) is 5.92 Å². The molecule has 108 valence electrons. The molecule has 0 unspecified atom stereocenters. The summed E-state index contributed by atoms with van der Waals surface area (Å²) in [5.41, 5.74) is 3.98. The lowest BCUT2D eigenvalue weighted by molar-refractivity contribution is 0.408. The number of aromatic amines is 1. The molecule has 1 aromatic heterocycles. The van der Waals surface area contributed by atoms with E-state index in [1.165, 1.54) is 25.6 Å². The number of halogens is 1. The molecule has 0 bridgehead atoms. The van der Waals surface area contributed by atoms with Crippen LogP contribution in [-0.2, 0) is 5.41 Å². The van der Waals surface area contributed by atoms with Crippen LogP contribution in [0.4, 0.5) is 0 Å². The first kappa shape index (κ1) is 14.6. The molecule has 0 aliphatic heterocycles. The standard InChI is InChI=1S/C19H20IN/c1-13(2)19(3,14-8-10-15(20)11-9-14)17-12-21-18-7-5-4-6-16(17)18/h4-13,21H,1-3H3/t19-/m1/s1. The lowest BCUT2D eigenvalue weighted by Crippen LogP contribution is -2.29. The molecule has 2 heteroatoms. The molecule has 3 aromatic rings. The number of nitrogens with one attached hydrogen (secondary N) is 1. The minimum Gasteiger partial charge on any atom is -0.361 e. The summed E-state index contributed by atoms with van der Waals surface area (Å²) in [6.07, 6.45) is 2.18. The van der Waals surface area contributed by atoms with Crippen LogP contribution in [0.3, 0.4) is 0 Å². The summed E-state index contributed by atoms with van der Waals surface area (Å²) in [6.45, 7) is 6.97. The normalized spacial score (nSPS) is 14.5. The second kappa shape index (κ2) is 5.48. The summed E-state index contributed by atoms with van der Waals surface area (Å²) < 4.78 is 1.28. The molecule has 0 fully saturated rings. The molecule has 1 heterocycles. The Morgan fingerprint density at radius 3 is 2.33 bits per heavy atom. The van der Waals surface area contributed by atoms with Crippen LogP contribution in [0.2, 0.25) is 0 Å². The molecule has 0 aliphatic carbocycles. The van der Waals surface area contributed by atoms with Crippen LogP contribution < -0.4 is 0 Å². The van der Waals surface area contributed by atoms with E-state index in [1.807, 2.05) is 0 Å². The smallest absolute Gasteiger partial charge is 0.0457 e. The average molecular weight is 389 g/mol. The van der Waals surface area contributed by atoms with E-state index in [2.05, 4.69) is 103 Å². The first-order valence-electron chi connectivity index (χ1n) is 7.36. The summed E-state index contributed by atoms with van der Waals surface area (Å²) in [4.78, 5) is 3.43. The number of aromatic nitrogens is 1. The molecule has 0 radical (unpaired) electrons. The van der Waals surface area contributed by atoms with Crippen molar-refractivity contribution in [1.82, 2.24) is 4.98 Å². The minimum atomic E-state index is 0.00391. The van der Waals surface area contributed by atoms with Gasteiger partial charge in [0.05, 0.1) is 0 Å². The monoisotopic (exact) mass is 389 g/mol. The highest BCUT2D eigenvalue weighted by molar-refractivity contribution is 14.1. The van der Waals surface area contributed by atoms with E-state index in [4.69, 9.17) is 0 Å². The van der Waals surface area contributed by atoms with Crippen molar-refractivity contribution in [2.75, 3.05) is 0 Å². The van der Waals surface area contributed by atoms with Crippen molar-refractivity contribution in [2.24, 2.45) is 5.92 Å². The number of H-pyrrole nitrogens is 1. The first-order valence-corrected chi connectivity index (χ1v) is 8.44. The van der Waals surface area contributed by atoms with Crippen LogP contribution >= 0.6 is 22.6 Å². The molecule has 21 heavy (non-hydrogen) atoms. The maximum absolute atomic E-state index is 3.43. The highest BCUT2D eigenvalue weighted by Gasteiger charge is 2.34. The molecule has 0 saturated carbocycles. The first-order chi connectivity index (χ1) is 10.0. The molecular weight excluding hydrogens is 369 g/mol. The quantitative estimate of drug-likeness (QED) is 0.551. The molecule has 1 N–H and O–H groups in total. The van der Waals surface area contributed by atoms with Crippen LogP contribution in [0.25, 0.3) is 10.9 Å². The van der Waals surface area contributed by atoms with Crippen molar-refractivity contribution in [3.05, 3.63) is 69.4 Å². The van der Waals surface area contributed by atoms with Crippen LogP contribution in [0, 0.1) is 9.49 Å². The van der Waals surface area contributed by atoms with Crippen molar-refractivity contribution in [2.45, 2.75) is 26.2 Å². The summed E-state index contributed by atoms with van der Waals surface area (Å²) in [7, 11) is 0. The van der Waals surface area contributed by atoms with Crippen molar-refractivity contribution >= 4 is 33.5 Å². The second-order valence-electron chi connectivity index (χ2n) is 6.11. The highest BCUT2D eigenvalue weighted by Crippen LogP contribution is 2.42. The van der Waals surface area contributed by atoms with Crippen molar-refractivity contribution in [3.63, 3.8) is 0 Å². The van der Waals surface area contributed by atoms with Gasteiger partial charge in [0.2, 0.25) is 0 Å². The van der Waals surface area contributed by atoms with Gasteiger partial charge in [0.1, 0.15) is 0 Å². The van der Waals surface area contributed by atoms with Gasteiger partial charge in [-0.1, -0.05) is 51.1 Å².